The molecule has 0 amide bonds. The average Bonchev–Trinajstić information content (AvgIpc) is 2.08. The fourth-order valence-corrected chi connectivity index (χ4v) is 1.86. The minimum absolute atomic E-state index is 0.333. The molecule has 0 aromatic carbocycles. The van der Waals surface area contributed by atoms with E-state index < -0.39 is 0 Å². The van der Waals surface area contributed by atoms with Crippen molar-refractivity contribution >= 4 is 0 Å². The molecule has 1 saturated carbocycles. The van der Waals surface area contributed by atoms with Gasteiger partial charge in [0.25, 0.3) is 0 Å². The summed E-state index contributed by atoms with van der Waals surface area (Å²) in [5.74, 6) is 0.874. The molecule has 0 bridgehead atoms. The highest BCUT2D eigenvalue weighted by molar-refractivity contribution is 4.73. The summed E-state index contributed by atoms with van der Waals surface area (Å²) >= 11 is 0. The monoisotopic (exact) mass is 201 g/mol. The molecule has 0 heterocycles. The Morgan fingerprint density at radius 2 is 2.21 bits per heavy atom. The molecule has 0 radical (unpaired) electrons. The molecule has 14 heavy (non-hydrogen) atoms. The number of rotatable bonds is 7. The zero-order valence-corrected chi connectivity index (χ0v) is 9.41. The highest BCUT2D eigenvalue weighted by atomic mass is 16.5. The van der Waals surface area contributed by atoms with Gasteiger partial charge >= 0.3 is 0 Å². The maximum atomic E-state index is 9.59. The van der Waals surface area contributed by atoms with E-state index in [0.717, 1.165) is 19.0 Å². The number of hydrogen-bond donors (Lipinski definition) is 1. The van der Waals surface area contributed by atoms with Crippen LogP contribution in [0.15, 0.2) is 0 Å². The highest BCUT2D eigenvalue weighted by Crippen LogP contribution is 2.26. The Hall–Kier alpha value is -0.120. The van der Waals surface area contributed by atoms with Gasteiger partial charge in [0.05, 0.1) is 12.7 Å². The molecule has 1 aliphatic rings. The predicted octanol–water partition coefficient (Wildman–Crippen LogP) is 1.12. The van der Waals surface area contributed by atoms with Gasteiger partial charge in [0, 0.05) is 19.7 Å². The van der Waals surface area contributed by atoms with Gasteiger partial charge in [-0.25, -0.2) is 0 Å². The zero-order chi connectivity index (χ0) is 10.4. The second-order valence-corrected chi connectivity index (χ2v) is 4.33. The molecule has 1 aliphatic carbocycles. The first-order chi connectivity index (χ1) is 6.72. The van der Waals surface area contributed by atoms with Crippen molar-refractivity contribution in [3.8, 4) is 0 Å². The Morgan fingerprint density at radius 1 is 1.50 bits per heavy atom. The van der Waals surface area contributed by atoms with Crippen LogP contribution in [0.4, 0.5) is 0 Å². The van der Waals surface area contributed by atoms with Crippen molar-refractivity contribution in [2.75, 3.05) is 33.4 Å². The molecule has 1 unspecified atom stereocenters. The summed E-state index contributed by atoms with van der Waals surface area (Å²) in [6.07, 6.45) is 3.79. The largest absolute Gasteiger partial charge is 0.389 e. The number of ether oxygens (including phenoxy) is 1. The van der Waals surface area contributed by atoms with Crippen molar-refractivity contribution in [3.63, 3.8) is 0 Å². The SMILES string of the molecule is CCOCC(O)CN(C)CC1CCC1. The third kappa shape index (κ3) is 4.40. The highest BCUT2D eigenvalue weighted by Gasteiger charge is 2.19. The van der Waals surface area contributed by atoms with Gasteiger partial charge < -0.3 is 14.7 Å². The number of aliphatic hydroxyl groups is 1. The van der Waals surface area contributed by atoms with E-state index >= 15 is 0 Å². The Morgan fingerprint density at radius 3 is 2.71 bits per heavy atom. The molecule has 0 aromatic heterocycles. The summed E-state index contributed by atoms with van der Waals surface area (Å²) in [6, 6.07) is 0. The van der Waals surface area contributed by atoms with Crippen LogP contribution in [0.3, 0.4) is 0 Å². The van der Waals surface area contributed by atoms with Crippen LogP contribution in [0.25, 0.3) is 0 Å². The summed E-state index contributed by atoms with van der Waals surface area (Å²) in [7, 11) is 2.08. The Bertz CT molecular complexity index is 148. The molecule has 1 fully saturated rings. The predicted molar refractivity (Wildman–Crippen MR) is 57.3 cm³/mol. The molecule has 0 aromatic rings. The van der Waals surface area contributed by atoms with Crippen molar-refractivity contribution in [2.24, 2.45) is 5.92 Å². The van der Waals surface area contributed by atoms with Crippen LogP contribution >= 0.6 is 0 Å². The summed E-state index contributed by atoms with van der Waals surface area (Å²) in [5.41, 5.74) is 0. The number of aliphatic hydroxyl groups excluding tert-OH is 1. The average molecular weight is 201 g/mol. The Labute approximate surface area is 87.1 Å². The lowest BCUT2D eigenvalue weighted by Crippen LogP contribution is -2.36. The second-order valence-electron chi connectivity index (χ2n) is 4.33. The van der Waals surface area contributed by atoms with Crippen molar-refractivity contribution < 1.29 is 9.84 Å². The molecule has 1 atom stereocenters. The molecule has 3 nitrogen and oxygen atoms in total. The topological polar surface area (TPSA) is 32.7 Å². The lowest BCUT2D eigenvalue weighted by molar-refractivity contribution is 0.0211. The Balaban J connectivity index is 2.02. The zero-order valence-electron chi connectivity index (χ0n) is 9.41. The van der Waals surface area contributed by atoms with Gasteiger partial charge in [-0.05, 0) is 32.7 Å². The molecule has 0 saturated heterocycles. The van der Waals surface area contributed by atoms with E-state index in [1.807, 2.05) is 6.92 Å². The molecule has 0 spiro atoms. The standard InChI is InChI=1S/C11H23NO2/c1-3-14-9-11(13)8-12(2)7-10-5-4-6-10/h10-11,13H,3-9H2,1-2H3. The Kier molecular flexibility index (Phi) is 5.45. The van der Waals surface area contributed by atoms with Gasteiger partial charge in [-0.2, -0.15) is 0 Å². The van der Waals surface area contributed by atoms with Crippen LogP contribution in [-0.2, 0) is 4.74 Å². The molecule has 3 heteroatoms. The maximum absolute atomic E-state index is 9.59. The first kappa shape index (κ1) is 12.0. The van der Waals surface area contributed by atoms with Crippen LogP contribution in [0.5, 0.6) is 0 Å². The van der Waals surface area contributed by atoms with E-state index in [1.165, 1.54) is 19.3 Å². The lowest BCUT2D eigenvalue weighted by atomic mass is 9.85. The maximum Gasteiger partial charge on any atom is 0.0900 e. The van der Waals surface area contributed by atoms with Crippen LogP contribution in [0.1, 0.15) is 26.2 Å². The number of hydrogen-bond acceptors (Lipinski definition) is 3. The molecule has 1 rings (SSSR count). The molecule has 84 valence electrons. The van der Waals surface area contributed by atoms with Gasteiger partial charge in [0.15, 0.2) is 0 Å². The smallest absolute Gasteiger partial charge is 0.0900 e. The van der Waals surface area contributed by atoms with Crippen molar-refractivity contribution in [1.29, 1.82) is 0 Å². The summed E-state index contributed by atoms with van der Waals surface area (Å²) in [6.45, 7) is 4.96. The summed E-state index contributed by atoms with van der Waals surface area (Å²) < 4.78 is 5.16. The molecular formula is C11H23NO2. The molecule has 0 aliphatic heterocycles. The van der Waals surface area contributed by atoms with Crippen LogP contribution in [0, 0.1) is 5.92 Å². The fraction of sp³-hybridized carbons (Fsp3) is 1.00. The van der Waals surface area contributed by atoms with Gasteiger partial charge in [-0.15, -0.1) is 0 Å². The van der Waals surface area contributed by atoms with Crippen LogP contribution in [0.2, 0.25) is 0 Å². The summed E-state index contributed by atoms with van der Waals surface area (Å²) in [4.78, 5) is 2.22. The minimum Gasteiger partial charge on any atom is -0.389 e. The third-order valence-electron chi connectivity index (χ3n) is 2.83. The van der Waals surface area contributed by atoms with Gasteiger partial charge in [-0.1, -0.05) is 6.42 Å². The molecule has 1 N–H and O–H groups in total. The number of likely N-dealkylation sites (N-methyl/N-ethyl adjacent to an activating group) is 1. The lowest BCUT2D eigenvalue weighted by Gasteiger charge is -2.31. The van der Waals surface area contributed by atoms with Crippen molar-refractivity contribution in [2.45, 2.75) is 32.3 Å². The van der Waals surface area contributed by atoms with E-state index in [1.54, 1.807) is 0 Å². The van der Waals surface area contributed by atoms with Gasteiger partial charge in [-0.3, -0.25) is 0 Å². The van der Waals surface area contributed by atoms with Crippen LogP contribution in [-0.4, -0.2) is 49.5 Å². The van der Waals surface area contributed by atoms with E-state index in [2.05, 4.69) is 11.9 Å². The summed E-state index contributed by atoms with van der Waals surface area (Å²) in [5, 5.41) is 9.59. The number of nitrogens with zero attached hydrogens (tertiary/aromatic N) is 1. The van der Waals surface area contributed by atoms with Crippen LogP contribution < -0.4 is 0 Å². The quantitative estimate of drug-likeness (QED) is 0.670. The molecular weight excluding hydrogens is 178 g/mol. The van der Waals surface area contributed by atoms with Crippen molar-refractivity contribution in [3.05, 3.63) is 0 Å². The van der Waals surface area contributed by atoms with Crippen molar-refractivity contribution in [1.82, 2.24) is 4.90 Å². The van der Waals surface area contributed by atoms with E-state index in [9.17, 15) is 5.11 Å². The van der Waals surface area contributed by atoms with E-state index in [0.29, 0.717) is 13.2 Å². The van der Waals surface area contributed by atoms with Gasteiger partial charge in [0.2, 0.25) is 0 Å². The fourth-order valence-electron chi connectivity index (χ4n) is 1.86. The van der Waals surface area contributed by atoms with Gasteiger partial charge in [0.1, 0.15) is 0 Å². The second kappa shape index (κ2) is 6.38. The first-order valence-corrected chi connectivity index (χ1v) is 5.66. The van der Waals surface area contributed by atoms with E-state index in [-0.39, 0.29) is 6.10 Å². The van der Waals surface area contributed by atoms with E-state index in [4.69, 9.17) is 4.74 Å². The minimum atomic E-state index is -0.333. The normalized spacial score (nSPS) is 19.7. The third-order valence-corrected chi connectivity index (χ3v) is 2.83. The first-order valence-electron chi connectivity index (χ1n) is 5.66.